The molecule has 26 heavy (non-hydrogen) atoms. The number of nitrogens with zero attached hydrogens (tertiary/aromatic N) is 5. The number of likely N-dealkylation sites (tertiary alicyclic amines) is 1. The van der Waals surface area contributed by atoms with Crippen LogP contribution in [0.25, 0.3) is 11.0 Å². The second kappa shape index (κ2) is 7.32. The molecule has 136 valence electrons. The molecule has 0 N–H and O–H groups in total. The normalized spacial score (nSPS) is 17.7. The number of aromatic nitrogens is 4. The second-order valence-electron chi connectivity index (χ2n) is 6.99. The van der Waals surface area contributed by atoms with Gasteiger partial charge in [0.25, 0.3) is 0 Å². The van der Waals surface area contributed by atoms with Crippen molar-refractivity contribution in [2.45, 2.75) is 44.7 Å². The van der Waals surface area contributed by atoms with Crippen molar-refractivity contribution in [3.63, 3.8) is 0 Å². The van der Waals surface area contributed by atoms with Crippen molar-refractivity contribution in [3.05, 3.63) is 48.5 Å². The van der Waals surface area contributed by atoms with Gasteiger partial charge in [-0.3, -0.25) is 9.48 Å². The van der Waals surface area contributed by atoms with Gasteiger partial charge in [-0.05, 0) is 43.9 Å². The Balaban J connectivity index is 1.50. The van der Waals surface area contributed by atoms with Crippen LogP contribution in [0.15, 0.2) is 42.7 Å². The number of carbonyl (C=O) groups excluding carboxylic acids is 1. The quantitative estimate of drug-likeness (QED) is 0.709. The molecule has 0 radical (unpaired) electrons. The first-order valence-corrected chi connectivity index (χ1v) is 9.42. The van der Waals surface area contributed by atoms with E-state index in [9.17, 15) is 4.79 Å². The molecular weight excluding hydrogens is 326 g/mol. The number of benzene rings is 1. The number of hydrogen-bond donors (Lipinski definition) is 0. The van der Waals surface area contributed by atoms with Gasteiger partial charge >= 0.3 is 0 Å². The average molecular weight is 351 g/mol. The maximum Gasteiger partial charge on any atom is 0.223 e. The SMILES string of the molecule is Cn1c([C@@H]2CCCCN2C(=O)CCCn2cccn2)nc2ccccc21. The highest BCUT2D eigenvalue weighted by atomic mass is 16.2. The van der Waals surface area contributed by atoms with Crippen molar-refractivity contribution in [1.29, 1.82) is 0 Å². The monoisotopic (exact) mass is 351 g/mol. The summed E-state index contributed by atoms with van der Waals surface area (Å²) in [5.74, 6) is 1.24. The van der Waals surface area contributed by atoms with E-state index >= 15 is 0 Å². The summed E-state index contributed by atoms with van der Waals surface area (Å²) in [7, 11) is 2.06. The molecule has 1 amide bonds. The third kappa shape index (κ3) is 3.23. The molecule has 6 nitrogen and oxygen atoms in total. The van der Waals surface area contributed by atoms with Crippen LogP contribution in [0, 0.1) is 0 Å². The molecule has 2 aromatic heterocycles. The zero-order chi connectivity index (χ0) is 17.9. The predicted octanol–water partition coefficient (Wildman–Crippen LogP) is 3.30. The van der Waals surface area contributed by atoms with Crippen molar-refractivity contribution < 1.29 is 4.79 Å². The number of piperidine rings is 1. The number of aryl methyl sites for hydroxylation is 2. The minimum atomic E-state index is 0.0818. The topological polar surface area (TPSA) is 56.0 Å². The van der Waals surface area contributed by atoms with E-state index in [-0.39, 0.29) is 11.9 Å². The number of carbonyl (C=O) groups is 1. The fourth-order valence-corrected chi connectivity index (χ4v) is 3.93. The Morgan fingerprint density at radius 2 is 2.12 bits per heavy atom. The summed E-state index contributed by atoms with van der Waals surface area (Å²) in [5.41, 5.74) is 2.13. The minimum absolute atomic E-state index is 0.0818. The van der Waals surface area contributed by atoms with E-state index in [4.69, 9.17) is 4.98 Å². The summed E-state index contributed by atoms with van der Waals surface area (Å²) in [6.45, 7) is 1.61. The van der Waals surface area contributed by atoms with Gasteiger partial charge in [-0.1, -0.05) is 12.1 Å². The molecular formula is C20H25N5O. The zero-order valence-electron chi connectivity index (χ0n) is 15.2. The number of para-hydroxylation sites is 2. The maximum absolute atomic E-state index is 12.9. The Morgan fingerprint density at radius 3 is 2.92 bits per heavy atom. The lowest BCUT2D eigenvalue weighted by Crippen LogP contribution is -2.39. The molecule has 1 saturated heterocycles. The van der Waals surface area contributed by atoms with E-state index in [1.165, 1.54) is 0 Å². The van der Waals surface area contributed by atoms with Gasteiger partial charge in [0, 0.05) is 39.0 Å². The van der Waals surface area contributed by atoms with Crippen LogP contribution in [0.5, 0.6) is 0 Å². The van der Waals surface area contributed by atoms with E-state index in [1.54, 1.807) is 6.20 Å². The number of imidazole rings is 1. The Hall–Kier alpha value is -2.63. The highest BCUT2D eigenvalue weighted by Crippen LogP contribution is 2.32. The van der Waals surface area contributed by atoms with Gasteiger partial charge in [0.2, 0.25) is 5.91 Å². The van der Waals surface area contributed by atoms with Crippen LogP contribution in [0.4, 0.5) is 0 Å². The first kappa shape index (κ1) is 16.8. The second-order valence-corrected chi connectivity index (χ2v) is 6.99. The third-order valence-electron chi connectivity index (χ3n) is 5.28. The Labute approximate surface area is 153 Å². The number of fused-ring (bicyclic) bond motifs is 1. The highest BCUT2D eigenvalue weighted by molar-refractivity contribution is 5.78. The van der Waals surface area contributed by atoms with Gasteiger partial charge in [-0.25, -0.2) is 4.98 Å². The Kier molecular flexibility index (Phi) is 4.73. The Bertz CT molecular complexity index is 883. The first-order valence-electron chi connectivity index (χ1n) is 9.42. The van der Waals surface area contributed by atoms with Crippen LogP contribution in [0.1, 0.15) is 44.0 Å². The van der Waals surface area contributed by atoms with Gasteiger partial charge in [0.15, 0.2) is 0 Å². The molecule has 0 saturated carbocycles. The van der Waals surface area contributed by atoms with Crippen LogP contribution < -0.4 is 0 Å². The van der Waals surface area contributed by atoms with Crippen LogP contribution in [-0.2, 0) is 18.4 Å². The number of amides is 1. The zero-order valence-corrected chi connectivity index (χ0v) is 15.2. The maximum atomic E-state index is 12.9. The fraction of sp³-hybridized carbons (Fsp3) is 0.450. The lowest BCUT2D eigenvalue weighted by Gasteiger charge is -2.35. The molecule has 1 fully saturated rings. The molecule has 1 aromatic carbocycles. The molecule has 0 bridgehead atoms. The van der Waals surface area contributed by atoms with Crippen LogP contribution >= 0.6 is 0 Å². The molecule has 1 aliphatic heterocycles. The fourth-order valence-electron chi connectivity index (χ4n) is 3.93. The van der Waals surface area contributed by atoms with Crippen LogP contribution in [0.2, 0.25) is 0 Å². The standard InChI is InChI=1S/C20H25N5O/c1-23-17-9-3-2-8-16(17)22-20(23)18-10-4-5-15-25(18)19(26)11-6-13-24-14-7-12-21-24/h2-3,7-9,12,14,18H,4-6,10-11,13,15H2,1H3/t18-/m0/s1. The van der Waals surface area contributed by atoms with Crippen molar-refractivity contribution in [1.82, 2.24) is 24.2 Å². The summed E-state index contributed by atoms with van der Waals surface area (Å²) in [4.78, 5) is 19.8. The summed E-state index contributed by atoms with van der Waals surface area (Å²) in [6, 6.07) is 10.2. The lowest BCUT2D eigenvalue weighted by atomic mass is 10.0. The minimum Gasteiger partial charge on any atom is -0.333 e. The van der Waals surface area contributed by atoms with Crippen molar-refractivity contribution in [2.75, 3.05) is 6.54 Å². The van der Waals surface area contributed by atoms with Gasteiger partial charge in [0.1, 0.15) is 5.82 Å². The molecule has 3 heterocycles. The van der Waals surface area contributed by atoms with Crippen LogP contribution in [0.3, 0.4) is 0 Å². The molecule has 0 aliphatic carbocycles. The molecule has 3 aromatic rings. The van der Waals surface area contributed by atoms with Crippen molar-refractivity contribution in [2.24, 2.45) is 7.05 Å². The smallest absolute Gasteiger partial charge is 0.223 e. The molecule has 1 aliphatic rings. The van der Waals surface area contributed by atoms with E-state index in [1.807, 2.05) is 40.0 Å². The highest BCUT2D eigenvalue weighted by Gasteiger charge is 2.30. The van der Waals surface area contributed by atoms with Gasteiger partial charge in [-0.15, -0.1) is 0 Å². The van der Waals surface area contributed by atoms with Crippen LogP contribution in [-0.4, -0.2) is 36.7 Å². The van der Waals surface area contributed by atoms with E-state index in [2.05, 4.69) is 22.8 Å². The predicted molar refractivity (Wildman–Crippen MR) is 100 cm³/mol. The summed E-state index contributed by atoms with van der Waals surface area (Å²) in [6.07, 6.45) is 8.28. The van der Waals surface area contributed by atoms with Gasteiger partial charge in [-0.2, -0.15) is 5.10 Å². The Morgan fingerprint density at radius 1 is 1.23 bits per heavy atom. The van der Waals surface area contributed by atoms with Gasteiger partial charge < -0.3 is 9.47 Å². The molecule has 6 heteroatoms. The first-order chi connectivity index (χ1) is 12.7. The van der Waals surface area contributed by atoms with Crippen molar-refractivity contribution >= 4 is 16.9 Å². The molecule has 0 unspecified atom stereocenters. The van der Waals surface area contributed by atoms with Gasteiger partial charge in [0.05, 0.1) is 17.1 Å². The van der Waals surface area contributed by atoms with Crippen molar-refractivity contribution in [3.8, 4) is 0 Å². The van der Waals surface area contributed by atoms with E-state index in [0.29, 0.717) is 6.42 Å². The summed E-state index contributed by atoms with van der Waals surface area (Å²) >= 11 is 0. The largest absolute Gasteiger partial charge is 0.333 e. The average Bonchev–Trinajstić information content (AvgIpc) is 3.30. The summed E-state index contributed by atoms with van der Waals surface area (Å²) in [5, 5.41) is 4.20. The summed E-state index contributed by atoms with van der Waals surface area (Å²) < 4.78 is 4.03. The number of hydrogen-bond acceptors (Lipinski definition) is 3. The molecule has 4 rings (SSSR count). The van der Waals surface area contributed by atoms with E-state index in [0.717, 1.165) is 55.6 Å². The lowest BCUT2D eigenvalue weighted by molar-refractivity contribution is -0.135. The number of rotatable bonds is 5. The molecule has 0 spiro atoms. The third-order valence-corrected chi connectivity index (χ3v) is 5.28. The molecule has 1 atom stereocenters. The van der Waals surface area contributed by atoms with E-state index < -0.39 is 0 Å².